The van der Waals surface area contributed by atoms with Crippen LogP contribution in [-0.4, -0.2) is 35.1 Å². The number of aliphatic carboxylic acids is 1. The Morgan fingerprint density at radius 3 is 2.68 bits per heavy atom. The van der Waals surface area contributed by atoms with Crippen LogP contribution in [0.5, 0.6) is 5.75 Å². The second kappa shape index (κ2) is 6.54. The number of carbonyl (C=O) groups is 1. The van der Waals surface area contributed by atoms with Crippen LogP contribution in [0.15, 0.2) is 24.3 Å². The van der Waals surface area contributed by atoms with E-state index in [0.29, 0.717) is 13.0 Å². The van der Waals surface area contributed by atoms with E-state index in [0.717, 1.165) is 24.8 Å². The van der Waals surface area contributed by atoms with Crippen molar-refractivity contribution in [1.29, 1.82) is 0 Å². The summed E-state index contributed by atoms with van der Waals surface area (Å²) in [6, 6.07) is 5.91. The summed E-state index contributed by atoms with van der Waals surface area (Å²) in [7, 11) is 0. The van der Waals surface area contributed by atoms with E-state index in [1.165, 1.54) is 0 Å². The Morgan fingerprint density at radius 1 is 1.37 bits per heavy atom. The number of rotatable bonds is 5. The number of phenols is 1. The van der Waals surface area contributed by atoms with Gasteiger partial charge >= 0.3 is 5.97 Å². The fraction of sp³-hybridized carbons (Fsp3) is 0.500. The van der Waals surface area contributed by atoms with Crippen LogP contribution in [-0.2, 0) is 16.0 Å². The van der Waals surface area contributed by atoms with E-state index in [1.54, 1.807) is 24.3 Å². The molecular formula is C14H19NO4. The van der Waals surface area contributed by atoms with Gasteiger partial charge in [0.05, 0.1) is 0 Å². The summed E-state index contributed by atoms with van der Waals surface area (Å²) in [5.74, 6) is -0.707. The minimum absolute atomic E-state index is 0.174. The van der Waals surface area contributed by atoms with Crippen LogP contribution < -0.4 is 5.32 Å². The Bertz CT molecular complexity index is 412. The number of hydrogen-bond acceptors (Lipinski definition) is 4. The van der Waals surface area contributed by atoms with Crippen molar-refractivity contribution in [2.45, 2.75) is 38.0 Å². The van der Waals surface area contributed by atoms with Crippen molar-refractivity contribution in [1.82, 2.24) is 5.32 Å². The van der Waals surface area contributed by atoms with E-state index < -0.39 is 12.0 Å². The van der Waals surface area contributed by atoms with Gasteiger partial charge in [-0.25, -0.2) is 0 Å². The maximum Gasteiger partial charge on any atom is 0.321 e. The fourth-order valence-corrected chi connectivity index (χ4v) is 2.18. The molecule has 0 amide bonds. The molecule has 2 rings (SSSR count). The lowest BCUT2D eigenvalue weighted by Gasteiger charge is -2.27. The molecule has 3 N–H and O–H groups in total. The van der Waals surface area contributed by atoms with Gasteiger partial charge in [-0.1, -0.05) is 12.1 Å². The quantitative estimate of drug-likeness (QED) is 0.752. The highest BCUT2D eigenvalue weighted by molar-refractivity contribution is 5.74. The van der Waals surface area contributed by atoms with Crippen LogP contribution in [0.25, 0.3) is 0 Å². The first-order chi connectivity index (χ1) is 9.15. The lowest BCUT2D eigenvalue weighted by Crippen LogP contribution is -2.47. The van der Waals surface area contributed by atoms with Crippen LogP contribution >= 0.6 is 0 Å². The van der Waals surface area contributed by atoms with E-state index in [9.17, 15) is 15.0 Å². The molecule has 1 fully saturated rings. The van der Waals surface area contributed by atoms with Gasteiger partial charge in [0.2, 0.25) is 0 Å². The number of carboxylic acid groups (broad SMARTS) is 1. The molecule has 1 aromatic carbocycles. The van der Waals surface area contributed by atoms with E-state index in [-0.39, 0.29) is 12.0 Å². The molecule has 1 aromatic rings. The first-order valence-corrected chi connectivity index (χ1v) is 6.53. The monoisotopic (exact) mass is 265 g/mol. The van der Waals surface area contributed by atoms with Gasteiger partial charge in [0.15, 0.2) is 0 Å². The number of aromatic hydroxyl groups is 1. The molecule has 5 nitrogen and oxygen atoms in total. The van der Waals surface area contributed by atoms with Crippen molar-refractivity contribution in [2.24, 2.45) is 0 Å². The van der Waals surface area contributed by atoms with Crippen LogP contribution in [0.1, 0.15) is 24.8 Å². The average molecular weight is 265 g/mol. The number of nitrogens with one attached hydrogen (secondary N) is 1. The minimum Gasteiger partial charge on any atom is -0.508 e. The summed E-state index contributed by atoms with van der Waals surface area (Å²) in [5, 5.41) is 21.5. The van der Waals surface area contributed by atoms with E-state index in [4.69, 9.17) is 4.74 Å². The van der Waals surface area contributed by atoms with Crippen molar-refractivity contribution in [3.8, 4) is 5.75 Å². The maximum atomic E-state index is 11.3. The third kappa shape index (κ3) is 4.22. The molecule has 0 aliphatic carbocycles. The lowest BCUT2D eigenvalue weighted by molar-refractivity contribution is -0.141. The molecule has 0 radical (unpaired) electrons. The van der Waals surface area contributed by atoms with E-state index >= 15 is 0 Å². The molecule has 19 heavy (non-hydrogen) atoms. The third-order valence-corrected chi connectivity index (χ3v) is 3.24. The van der Waals surface area contributed by atoms with Gasteiger partial charge < -0.3 is 14.9 Å². The molecule has 104 valence electrons. The van der Waals surface area contributed by atoms with Crippen LogP contribution in [0, 0.1) is 0 Å². The molecule has 1 aliphatic rings. The Kier molecular flexibility index (Phi) is 4.76. The summed E-state index contributed by atoms with van der Waals surface area (Å²) in [6.07, 6.45) is 3.14. The molecule has 2 atom stereocenters. The van der Waals surface area contributed by atoms with Crippen molar-refractivity contribution < 1.29 is 19.7 Å². The zero-order valence-corrected chi connectivity index (χ0v) is 10.7. The predicted octanol–water partition coefficient (Wildman–Crippen LogP) is 1.50. The number of phenolic OH excluding ortho intramolecular Hbond substituents is 1. The SMILES string of the molecule is O=C(O)[C@H](Cc1ccc(O)cc1)NC1CCCCO1. The number of ether oxygens (including phenoxy) is 1. The van der Waals surface area contributed by atoms with Crippen molar-refractivity contribution >= 4 is 5.97 Å². The zero-order valence-electron chi connectivity index (χ0n) is 10.7. The summed E-state index contributed by atoms with van der Waals surface area (Å²) in [5.41, 5.74) is 0.869. The van der Waals surface area contributed by atoms with Gasteiger partial charge in [-0.3, -0.25) is 10.1 Å². The second-order valence-electron chi connectivity index (χ2n) is 4.78. The van der Waals surface area contributed by atoms with Gasteiger partial charge in [-0.15, -0.1) is 0 Å². The number of hydrogen-bond donors (Lipinski definition) is 3. The van der Waals surface area contributed by atoms with Gasteiger partial charge in [0, 0.05) is 6.61 Å². The second-order valence-corrected chi connectivity index (χ2v) is 4.78. The Morgan fingerprint density at radius 2 is 2.11 bits per heavy atom. The largest absolute Gasteiger partial charge is 0.508 e. The molecule has 0 spiro atoms. The molecule has 0 bridgehead atoms. The highest BCUT2D eigenvalue weighted by Crippen LogP contribution is 2.14. The van der Waals surface area contributed by atoms with Crippen molar-refractivity contribution in [3.05, 3.63) is 29.8 Å². The highest BCUT2D eigenvalue weighted by atomic mass is 16.5. The number of carboxylic acids is 1. The minimum atomic E-state index is -0.887. The van der Waals surface area contributed by atoms with Crippen LogP contribution in [0.3, 0.4) is 0 Å². The normalized spacial score (nSPS) is 20.9. The molecule has 0 aromatic heterocycles. The Balaban J connectivity index is 1.95. The summed E-state index contributed by atoms with van der Waals surface area (Å²) in [6.45, 7) is 0.684. The predicted molar refractivity (Wildman–Crippen MR) is 70.0 cm³/mol. The summed E-state index contributed by atoms with van der Waals surface area (Å²) in [4.78, 5) is 11.3. The van der Waals surface area contributed by atoms with Crippen LogP contribution in [0.4, 0.5) is 0 Å². The molecule has 1 aliphatic heterocycles. The summed E-state index contributed by atoms with van der Waals surface area (Å²) < 4.78 is 5.50. The zero-order chi connectivity index (χ0) is 13.7. The van der Waals surface area contributed by atoms with Gasteiger partial charge in [0.25, 0.3) is 0 Å². The van der Waals surface area contributed by atoms with Gasteiger partial charge in [-0.2, -0.15) is 0 Å². The topological polar surface area (TPSA) is 78.8 Å². The summed E-state index contributed by atoms with van der Waals surface area (Å²) >= 11 is 0. The average Bonchev–Trinajstić information content (AvgIpc) is 2.41. The van der Waals surface area contributed by atoms with Gasteiger partial charge in [-0.05, 0) is 43.4 Å². The van der Waals surface area contributed by atoms with Crippen LogP contribution in [0.2, 0.25) is 0 Å². The molecule has 1 saturated heterocycles. The third-order valence-electron chi connectivity index (χ3n) is 3.24. The molecule has 0 saturated carbocycles. The van der Waals surface area contributed by atoms with Gasteiger partial charge in [0.1, 0.15) is 18.0 Å². The fourth-order valence-electron chi connectivity index (χ4n) is 2.18. The Labute approximate surface area is 112 Å². The highest BCUT2D eigenvalue weighted by Gasteiger charge is 2.23. The smallest absolute Gasteiger partial charge is 0.321 e. The molecule has 1 unspecified atom stereocenters. The van der Waals surface area contributed by atoms with Crippen molar-refractivity contribution in [2.75, 3.05) is 6.61 Å². The van der Waals surface area contributed by atoms with E-state index in [2.05, 4.69) is 5.32 Å². The molecule has 1 heterocycles. The number of benzene rings is 1. The maximum absolute atomic E-state index is 11.3. The molecule has 5 heteroatoms. The first kappa shape index (κ1) is 13.8. The standard InChI is InChI=1S/C14H19NO4/c16-11-6-4-10(5-7-11)9-12(14(17)18)15-13-3-1-2-8-19-13/h4-7,12-13,15-16H,1-3,8-9H2,(H,17,18)/t12-,13?/m0/s1. The first-order valence-electron chi connectivity index (χ1n) is 6.53. The lowest BCUT2D eigenvalue weighted by atomic mass is 10.0. The van der Waals surface area contributed by atoms with E-state index in [1.807, 2.05) is 0 Å². The van der Waals surface area contributed by atoms with Crippen molar-refractivity contribution in [3.63, 3.8) is 0 Å². The Hall–Kier alpha value is -1.59. The molecular weight excluding hydrogens is 246 g/mol.